The van der Waals surface area contributed by atoms with E-state index in [0.717, 1.165) is 41.0 Å². The molecule has 0 spiro atoms. The molecule has 8 nitrogen and oxygen atoms in total. The lowest BCUT2D eigenvalue weighted by Crippen LogP contribution is -2.17. The number of thioether (sulfide) groups is 1. The number of carbonyl (C=O) groups is 2. The van der Waals surface area contributed by atoms with Crippen molar-refractivity contribution in [3.63, 3.8) is 0 Å². The zero-order chi connectivity index (χ0) is 26.7. The summed E-state index contributed by atoms with van der Waals surface area (Å²) in [6, 6.07) is 6.08. The van der Waals surface area contributed by atoms with Gasteiger partial charge in [0.25, 0.3) is 0 Å². The Hall–Kier alpha value is -2.85. The predicted octanol–water partition coefficient (Wildman–Crippen LogP) is 5.76. The van der Waals surface area contributed by atoms with Crippen LogP contribution in [0.25, 0.3) is 0 Å². The zero-order valence-electron chi connectivity index (χ0n) is 22.2. The van der Waals surface area contributed by atoms with Crippen molar-refractivity contribution in [1.82, 2.24) is 14.8 Å². The molecule has 2 unspecified atom stereocenters. The Labute approximate surface area is 226 Å². The van der Waals surface area contributed by atoms with Crippen LogP contribution in [0, 0.1) is 19.8 Å². The summed E-state index contributed by atoms with van der Waals surface area (Å²) in [7, 11) is 1.37. The van der Waals surface area contributed by atoms with Gasteiger partial charge in [-0.25, -0.2) is 4.79 Å². The highest BCUT2D eigenvalue weighted by atomic mass is 32.2. The summed E-state index contributed by atoms with van der Waals surface area (Å²) in [5, 5.41) is 12.9. The Kier molecular flexibility index (Phi) is 8.59. The van der Waals surface area contributed by atoms with Crippen molar-refractivity contribution in [3.05, 3.63) is 51.2 Å². The van der Waals surface area contributed by atoms with Crippen LogP contribution in [0.5, 0.6) is 5.75 Å². The number of nitrogens with one attached hydrogen (secondary N) is 1. The van der Waals surface area contributed by atoms with Gasteiger partial charge in [0.1, 0.15) is 10.8 Å². The molecule has 0 saturated carbocycles. The summed E-state index contributed by atoms with van der Waals surface area (Å²) < 4.78 is 13.2. The van der Waals surface area contributed by atoms with Gasteiger partial charge in [-0.05, 0) is 70.1 Å². The van der Waals surface area contributed by atoms with Crippen molar-refractivity contribution < 1.29 is 19.1 Å². The molecule has 4 rings (SSSR count). The van der Waals surface area contributed by atoms with Crippen molar-refractivity contribution in [2.75, 3.05) is 18.2 Å². The molecule has 0 saturated heterocycles. The lowest BCUT2D eigenvalue weighted by Gasteiger charge is -2.18. The number of anilines is 1. The summed E-state index contributed by atoms with van der Waals surface area (Å²) in [5.74, 6) is 1.62. The van der Waals surface area contributed by atoms with Gasteiger partial charge in [-0.2, -0.15) is 0 Å². The third kappa shape index (κ3) is 6.01. The van der Waals surface area contributed by atoms with Gasteiger partial charge in [-0.3, -0.25) is 4.79 Å². The number of aromatic nitrogens is 3. The second-order valence-corrected chi connectivity index (χ2v) is 11.5. The molecule has 2 heterocycles. The molecule has 1 amide bonds. The van der Waals surface area contributed by atoms with Crippen LogP contribution in [-0.2, 0) is 28.9 Å². The maximum atomic E-state index is 12.9. The number of hydrogen-bond acceptors (Lipinski definition) is 8. The Bertz CT molecular complexity index is 1300. The number of hydrogen-bond donors (Lipinski definition) is 1. The maximum absolute atomic E-state index is 12.9. The first-order chi connectivity index (χ1) is 17.7. The number of benzene rings is 1. The quantitative estimate of drug-likeness (QED) is 0.271. The normalized spacial score (nSPS) is 15.7. The largest absolute Gasteiger partial charge is 0.482 e. The number of ether oxygens (including phenoxy) is 2. The minimum absolute atomic E-state index is 0.143. The van der Waals surface area contributed by atoms with Crippen molar-refractivity contribution in [1.29, 1.82) is 0 Å². The summed E-state index contributed by atoms with van der Waals surface area (Å²) in [6.07, 6.45) is 2.46. The SMILES string of the molecule is CCn1c(SCC(=O)Nc2sc3c(c2C(=O)OC)CCC(C)C3)nnc1C(C)Oc1ccc(C)cc1C. The Balaban J connectivity index is 1.44. The molecular weight excluding hydrogens is 508 g/mol. The number of rotatable bonds is 9. The molecule has 1 aliphatic rings. The summed E-state index contributed by atoms with van der Waals surface area (Å²) in [4.78, 5) is 26.6. The smallest absolute Gasteiger partial charge is 0.341 e. The van der Waals surface area contributed by atoms with Crippen LogP contribution in [0.2, 0.25) is 0 Å². The maximum Gasteiger partial charge on any atom is 0.341 e. The van der Waals surface area contributed by atoms with Crippen LogP contribution in [0.15, 0.2) is 23.4 Å². The first kappa shape index (κ1) is 27.2. The van der Waals surface area contributed by atoms with Crippen molar-refractivity contribution in [3.8, 4) is 5.75 Å². The van der Waals surface area contributed by atoms with Crippen LogP contribution < -0.4 is 10.1 Å². The van der Waals surface area contributed by atoms with Crippen molar-refractivity contribution in [2.45, 2.75) is 71.7 Å². The van der Waals surface area contributed by atoms with E-state index in [1.165, 1.54) is 35.8 Å². The molecule has 1 aliphatic carbocycles. The highest BCUT2D eigenvalue weighted by molar-refractivity contribution is 7.99. The minimum Gasteiger partial charge on any atom is -0.482 e. The summed E-state index contributed by atoms with van der Waals surface area (Å²) in [5.41, 5.74) is 3.77. The van der Waals surface area contributed by atoms with E-state index in [4.69, 9.17) is 9.47 Å². The zero-order valence-corrected chi connectivity index (χ0v) is 23.8. The lowest BCUT2D eigenvalue weighted by molar-refractivity contribution is -0.113. The highest BCUT2D eigenvalue weighted by Crippen LogP contribution is 2.40. The van der Waals surface area contributed by atoms with E-state index < -0.39 is 5.97 Å². The molecule has 10 heteroatoms. The topological polar surface area (TPSA) is 95.3 Å². The fourth-order valence-corrected chi connectivity index (χ4v) is 6.85. The van der Waals surface area contributed by atoms with Gasteiger partial charge < -0.3 is 19.4 Å². The lowest BCUT2D eigenvalue weighted by atomic mass is 9.88. The molecule has 2 atom stereocenters. The summed E-state index contributed by atoms with van der Waals surface area (Å²) >= 11 is 2.80. The molecule has 1 N–H and O–H groups in total. The monoisotopic (exact) mass is 542 g/mol. The van der Waals surface area contributed by atoms with Gasteiger partial charge in [0.2, 0.25) is 5.91 Å². The second-order valence-electron chi connectivity index (χ2n) is 9.50. The Morgan fingerprint density at radius 2 is 2.08 bits per heavy atom. The standard InChI is InChI=1S/C27H34N4O4S2/c1-7-31-24(18(5)35-20-11-9-15(2)12-17(20)4)29-30-27(31)36-14-22(32)28-25-23(26(33)34-6)19-10-8-16(3)13-21(19)37-25/h9,11-12,16,18H,7-8,10,13-14H2,1-6H3,(H,28,32). The molecule has 3 aromatic rings. The molecule has 198 valence electrons. The average molecular weight is 543 g/mol. The van der Waals surface area contributed by atoms with Crippen LogP contribution in [0.1, 0.15) is 71.0 Å². The number of carbonyl (C=O) groups excluding carboxylic acids is 2. The number of esters is 1. The van der Waals surface area contributed by atoms with Gasteiger partial charge in [-0.1, -0.05) is 36.4 Å². The van der Waals surface area contributed by atoms with E-state index in [9.17, 15) is 9.59 Å². The molecule has 0 bridgehead atoms. The molecule has 0 radical (unpaired) electrons. The number of aryl methyl sites for hydroxylation is 2. The van der Waals surface area contributed by atoms with E-state index in [1.807, 2.05) is 37.5 Å². The van der Waals surface area contributed by atoms with Gasteiger partial charge in [0, 0.05) is 11.4 Å². The average Bonchev–Trinajstić information content (AvgIpc) is 3.44. The molecule has 2 aromatic heterocycles. The number of amides is 1. The fourth-order valence-electron chi connectivity index (χ4n) is 4.63. The number of nitrogens with zero attached hydrogens (tertiary/aromatic N) is 3. The fraction of sp³-hybridized carbons (Fsp3) is 0.481. The molecule has 0 aliphatic heterocycles. The van der Waals surface area contributed by atoms with Crippen molar-refractivity contribution in [2.24, 2.45) is 5.92 Å². The van der Waals surface area contributed by atoms with Gasteiger partial charge in [0.15, 0.2) is 17.1 Å². The first-order valence-electron chi connectivity index (χ1n) is 12.5. The Morgan fingerprint density at radius 1 is 1.30 bits per heavy atom. The van der Waals surface area contributed by atoms with Crippen LogP contribution in [-0.4, -0.2) is 39.5 Å². The first-order valence-corrected chi connectivity index (χ1v) is 14.3. The van der Waals surface area contributed by atoms with E-state index in [1.54, 1.807) is 0 Å². The summed E-state index contributed by atoms with van der Waals surface area (Å²) in [6.45, 7) is 10.9. The number of fused-ring (bicyclic) bond motifs is 1. The molecule has 0 fully saturated rings. The van der Waals surface area contributed by atoms with Gasteiger partial charge in [0.05, 0.1) is 18.4 Å². The van der Waals surface area contributed by atoms with Crippen LogP contribution in [0.4, 0.5) is 5.00 Å². The van der Waals surface area contributed by atoms with E-state index in [2.05, 4.69) is 35.4 Å². The van der Waals surface area contributed by atoms with Gasteiger partial charge >= 0.3 is 5.97 Å². The van der Waals surface area contributed by atoms with Crippen LogP contribution >= 0.6 is 23.1 Å². The number of thiophene rings is 1. The molecule has 1 aromatic carbocycles. The highest BCUT2D eigenvalue weighted by Gasteiger charge is 2.29. The van der Waals surface area contributed by atoms with Crippen molar-refractivity contribution >= 4 is 40.0 Å². The number of methoxy groups -OCH3 is 1. The van der Waals surface area contributed by atoms with Gasteiger partial charge in [-0.15, -0.1) is 21.5 Å². The third-order valence-electron chi connectivity index (χ3n) is 6.55. The Morgan fingerprint density at radius 3 is 2.78 bits per heavy atom. The van der Waals surface area contributed by atoms with Crippen LogP contribution in [0.3, 0.4) is 0 Å². The molecule has 37 heavy (non-hydrogen) atoms. The third-order valence-corrected chi connectivity index (χ3v) is 8.68. The van der Waals surface area contributed by atoms with E-state index >= 15 is 0 Å². The van der Waals surface area contributed by atoms with E-state index in [-0.39, 0.29) is 17.8 Å². The minimum atomic E-state index is -0.400. The predicted molar refractivity (Wildman–Crippen MR) is 147 cm³/mol. The molecular formula is C27H34N4O4S2. The van der Waals surface area contributed by atoms with E-state index in [0.29, 0.717) is 34.0 Å². The second kappa shape index (κ2) is 11.7.